The second-order valence-corrected chi connectivity index (χ2v) is 7.71. The number of hydrazone groups is 1. The maximum Gasteiger partial charge on any atom is 0.343 e. The number of nitrogens with one attached hydrogen (secondary N) is 2. The largest absolute Gasteiger partial charge is 0.493 e. The number of hydrogen-bond donors (Lipinski definition) is 2. The maximum absolute atomic E-state index is 12.4. The Hall–Kier alpha value is -4.86. The van der Waals surface area contributed by atoms with Crippen LogP contribution < -0.4 is 29.7 Å². The summed E-state index contributed by atoms with van der Waals surface area (Å²) in [4.78, 5) is 36.8. The Labute approximate surface area is 214 Å². The van der Waals surface area contributed by atoms with Crippen LogP contribution in [0.3, 0.4) is 0 Å². The highest BCUT2D eigenvalue weighted by Crippen LogP contribution is 2.29. The van der Waals surface area contributed by atoms with E-state index in [1.807, 2.05) is 19.1 Å². The monoisotopic (exact) mass is 505 g/mol. The van der Waals surface area contributed by atoms with Crippen molar-refractivity contribution >= 4 is 24.0 Å². The van der Waals surface area contributed by atoms with Gasteiger partial charge in [0.05, 0.1) is 39.7 Å². The molecule has 0 fully saturated rings. The molecule has 0 aliphatic heterocycles. The Balaban J connectivity index is 1.54. The minimum atomic E-state index is -0.527. The van der Waals surface area contributed by atoms with Crippen LogP contribution in [0.2, 0.25) is 0 Å². The summed E-state index contributed by atoms with van der Waals surface area (Å²) in [5.74, 6) is -0.0516. The van der Waals surface area contributed by atoms with Crippen molar-refractivity contribution in [2.24, 2.45) is 5.10 Å². The average molecular weight is 506 g/mol. The number of ether oxygens (including phenoxy) is 4. The van der Waals surface area contributed by atoms with Crippen LogP contribution in [0.5, 0.6) is 23.0 Å². The third-order valence-corrected chi connectivity index (χ3v) is 5.14. The summed E-state index contributed by atoms with van der Waals surface area (Å²) in [7, 11) is 4.41. The quantitative estimate of drug-likeness (QED) is 0.188. The fourth-order valence-electron chi connectivity index (χ4n) is 3.16. The smallest absolute Gasteiger partial charge is 0.343 e. The predicted molar refractivity (Wildman–Crippen MR) is 137 cm³/mol. The molecule has 0 aliphatic rings. The number of benzene rings is 3. The van der Waals surface area contributed by atoms with E-state index in [0.29, 0.717) is 33.9 Å². The van der Waals surface area contributed by atoms with Crippen molar-refractivity contribution in [1.29, 1.82) is 0 Å². The van der Waals surface area contributed by atoms with E-state index in [2.05, 4.69) is 15.8 Å². The standard InChI is InChI=1S/C27H27N3O7/c1-17-5-8-19(9-6-17)27(33)37-22-11-7-18(13-23(22)35-3)15-29-30-25(31)16-28-26(32)20-10-12-21(34-2)24(14-20)36-4/h5-15H,16H2,1-4H3,(H,28,32)(H,30,31). The average Bonchev–Trinajstić information content (AvgIpc) is 2.92. The summed E-state index contributed by atoms with van der Waals surface area (Å²) in [6.45, 7) is 1.64. The Kier molecular flexibility index (Phi) is 9.20. The van der Waals surface area contributed by atoms with Crippen LogP contribution in [0.4, 0.5) is 0 Å². The number of nitrogens with zero attached hydrogens (tertiary/aromatic N) is 1. The van der Waals surface area contributed by atoms with Crippen LogP contribution in [0, 0.1) is 6.92 Å². The number of aryl methyl sites for hydroxylation is 1. The molecule has 0 atom stereocenters. The fourth-order valence-corrected chi connectivity index (χ4v) is 3.16. The SMILES string of the molecule is COc1ccc(C(=O)NCC(=O)NN=Cc2ccc(OC(=O)c3ccc(C)cc3)c(OC)c2)cc1OC. The van der Waals surface area contributed by atoms with Crippen LogP contribution >= 0.6 is 0 Å². The summed E-state index contributed by atoms with van der Waals surface area (Å²) in [5, 5.41) is 6.40. The second-order valence-electron chi connectivity index (χ2n) is 7.71. The van der Waals surface area contributed by atoms with Crippen molar-refractivity contribution < 1.29 is 33.3 Å². The van der Waals surface area contributed by atoms with E-state index < -0.39 is 17.8 Å². The lowest BCUT2D eigenvalue weighted by molar-refractivity contribution is -0.120. The van der Waals surface area contributed by atoms with Crippen molar-refractivity contribution in [3.05, 3.63) is 82.9 Å². The number of amides is 2. The van der Waals surface area contributed by atoms with E-state index in [9.17, 15) is 14.4 Å². The molecule has 0 bridgehead atoms. The lowest BCUT2D eigenvalue weighted by Crippen LogP contribution is -2.34. The van der Waals surface area contributed by atoms with Gasteiger partial charge < -0.3 is 24.3 Å². The zero-order chi connectivity index (χ0) is 26.8. The molecular weight excluding hydrogens is 478 g/mol. The van der Waals surface area contributed by atoms with Gasteiger partial charge in [-0.15, -0.1) is 0 Å². The molecule has 0 saturated carbocycles. The van der Waals surface area contributed by atoms with Crippen molar-refractivity contribution in [2.75, 3.05) is 27.9 Å². The highest BCUT2D eigenvalue weighted by molar-refractivity contribution is 5.97. The van der Waals surface area contributed by atoms with Gasteiger partial charge in [0, 0.05) is 5.56 Å². The van der Waals surface area contributed by atoms with E-state index in [1.54, 1.807) is 42.5 Å². The molecule has 0 spiro atoms. The summed E-state index contributed by atoms with van der Waals surface area (Å²) >= 11 is 0. The minimum Gasteiger partial charge on any atom is -0.493 e. The third-order valence-electron chi connectivity index (χ3n) is 5.14. The molecule has 0 aromatic heterocycles. The first kappa shape index (κ1) is 26.7. The van der Waals surface area contributed by atoms with Crippen LogP contribution in [0.1, 0.15) is 31.8 Å². The second kappa shape index (κ2) is 12.7. The van der Waals surface area contributed by atoms with Gasteiger partial charge in [-0.1, -0.05) is 17.7 Å². The van der Waals surface area contributed by atoms with Gasteiger partial charge >= 0.3 is 5.97 Å². The van der Waals surface area contributed by atoms with Crippen LogP contribution in [0.15, 0.2) is 65.8 Å². The van der Waals surface area contributed by atoms with Gasteiger partial charge in [0.2, 0.25) is 0 Å². The van der Waals surface area contributed by atoms with Gasteiger partial charge in [-0.05, 0) is 61.0 Å². The summed E-state index contributed by atoms with van der Waals surface area (Å²) < 4.78 is 21.1. The zero-order valence-corrected chi connectivity index (χ0v) is 20.9. The third kappa shape index (κ3) is 7.31. The maximum atomic E-state index is 12.4. The molecule has 192 valence electrons. The fraction of sp³-hybridized carbons (Fsp3) is 0.185. The molecule has 10 nitrogen and oxygen atoms in total. The Morgan fingerprint density at radius 3 is 2.08 bits per heavy atom. The van der Waals surface area contributed by atoms with E-state index in [1.165, 1.54) is 33.6 Å². The lowest BCUT2D eigenvalue weighted by Gasteiger charge is -2.10. The van der Waals surface area contributed by atoms with Gasteiger partial charge in [-0.3, -0.25) is 9.59 Å². The molecule has 0 radical (unpaired) electrons. The molecule has 2 N–H and O–H groups in total. The van der Waals surface area contributed by atoms with Gasteiger partial charge in [0.15, 0.2) is 23.0 Å². The molecule has 3 rings (SSSR count). The van der Waals surface area contributed by atoms with Crippen molar-refractivity contribution in [1.82, 2.24) is 10.7 Å². The van der Waals surface area contributed by atoms with Crippen LogP contribution in [0.25, 0.3) is 0 Å². The van der Waals surface area contributed by atoms with Crippen molar-refractivity contribution in [3.63, 3.8) is 0 Å². The number of esters is 1. The highest BCUT2D eigenvalue weighted by Gasteiger charge is 2.14. The normalized spacial score (nSPS) is 10.5. The Bertz CT molecular complexity index is 1300. The van der Waals surface area contributed by atoms with Crippen molar-refractivity contribution in [3.8, 4) is 23.0 Å². The number of carbonyl (C=O) groups is 3. The van der Waals surface area contributed by atoms with Gasteiger partial charge in [0.1, 0.15) is 0 Å². The van der Waals surface area contributed by atoms with E-state index in [-0.39, 0.29) is 12.3 Å². The molecule has 3 aromatic rings. The van der Waals surface area contributed by atoms with Crippen LogP contribution in [-0.2, 0) is 4.79 Å². The van der Waals surface area contributed by atoms with E-state index >= 15 is 0 Å². The van der Waals surface area contributed by atoms with Gasteiger partial charge in [0.25, 0.3) is 11.8 Å². The first-order valence-electron chi connectivity index (χ1n) is 11.1. The number of carbonyl (C=O) groups excluding carboxylic acids is 3. The zero-order valence-electron chi connectivity index (χ0n) is 20.9. The minimum absolute atomic E-state index is 0.243. The Morgan fingerprint density at radius 1 is 0.784 bits per heavy atom. The summed E-state index contributed by atoms with van der Waals surface area (Å²) in [6, 6.07) is 16.5. The molecule has 3 aromatic carbocycles. The number of methoxy groups -OCH3 is 3. The molecular formula is C27H27N3O7. The first-order valence-corrected chi connectivity index (χ1v) is 11.1. The number of hydrogen-bond acceptors (Lipinski definition) is 8. The topological polar surface area (TPSA) is 125 Å². The lowest BCUT2D eigenvalue weighted by atomic mass is 10.1. The number of rotatable bonds is 10. The van der Waals surface area contributed by atoms with Gasteiger partial charge in [-0.25, -0.2) is 10.2 Å². The predicted octanol–water partition coefficient (Wildman–Crippen LogP) is 3.12. The first-order chi connectivity index (χ1) is 17.8. The molecule has 0 saturated heterocycles. The van der Waals surface area contributed by atoms with Gasteiger partial charge in [-0.2, -0.15) is 5.10 Å². The Morgan fingerprint density at radius 2 is 1.41 bits per heavy atom. The van der Waals surface area contributed by atoms with E-state index in [0.717, 1.165) is 5.56 Å². The van der Waals surface area contributed by atoms with Crippen LogP contribution in [-0.4, -0.2) is 51.9 Å². The molecule has 0 aliphatic carbocycles. The summed E-state index contributed by atoms with van der Waals surface area (Å²) in [6.07, 6.45) is 1.39. The van der Waals surface area contributed by atoms with E-state index in [4.69, 9.17) is 18.9 Å². The molecule has 0 unspecified atom stereocenters. The highest BCUT2D eigenvalue weighted by atomic mass is 16.6. The molecule has 0 heterocycles. The summed E-state index contributed by atoms with van der Waals surface area (Å²) in [5.41, 5.74) is 4.68. The molecule has 2 amide bonds. The van der Waals surface area contributed by atoms with Crippen molar-refractivity contribution in [2.45, 2.75) is 6.92 Å². The molecule has 10 heteroatoms. The molecule has 37 heavy (non-hydrogen) atoms.